The normalized spacial score (nSPS) is 11.3. The van der Waals surface area contributed by atoms with Crippen LogP contribution >= 0.6 is 0 Å². The van der Waals surface area contributed by atoms with Gasteiger partial charge in [-0.1, -0.05) is 60.7 Å². The minimum Gasteiger partial charge on any atom is -0.355 e. The fourth-order valence-corrected chi connectivity index (χ4v) is 4.36. The summed E-state index contributed by atoms with van der Waals surface area (Å²) in [5.41, 5.74) is 4.42. The summed E-state index contributed by atoms with van der Waals surface area (Å²) >= 11 is 0. The summed E-state index contributed by atoms with van der Waals surface area (Å²) in [7, 11) is 0. The molecule has 0 saturated carbocycles. The quantitative estimate of drug-likeness (QED) is 0.300. The first kappa shape index (κ1) is 16.9. The third-order valence-corrected chi connectivity index (χ3v) is 5.66. The maximum Gasteiger partial charge on any atom is 0.0396 e. The monoisotopic (exact) mass is 384 g/mol. The highest BCUT2D eigenvalue weighted by Gasteiger charge is 2.11. The molecule has 0 atom stereocenters. The van der Waals surface area contributed by atoms with E-state index in [4.69, 9.17) is 0 Å². The van der Waals surface area contributed by atoms with Crippen LogP contribution in [0.3, 0.4) is 0 Å². The smallest absolute Gasteiger partial charge is 0.0396 e. The van der Waals surface area contributed by atoms with E-state index in [9.17, 15) is 0 Å². The highest BCUT2D eigenvalue weighted by Crippen LogP contribution is 2.38. The summed E-state index contributed by atoms with van der Waals surface area (Å²) < 4.78 is 0. The molecule has 0 spiro atoms. The SMILES string of the molecule is c1ccc(Nc2cc3ccc4cc(Nc5ccccc5)cc5ccc(c2)c3c45)cc1. The van der Waals surface area contributed by atoms with E-state index in [0.29, 0.717) is 0 Å². The molecule has 30 heavy (non-hydrogen) atoms. The Hall–Kier alpha value is -4.04. The van der Waals surface area contributed by atoms with Crippen molar-refractivity contribution in [3.8, 4) is 0 Å². The van der Waals surface area contributed by atoms with Crippen LogP contribution in [0.25, 0.3) is 32.3 Å². The molecule has 0 radical (unpaired) electrons. The van der Waals surface area contributed by atoms with Crippen molar-refractivity contribution in [3.63, 3.8) is 0 Å². The Labute approximate surface area is 175 Å². The number of rotatable bonds is 4. The zero-order valence-corrected chi connectivity index (χ0v) is 16.4. The summed E-state index contributed by atoms with van der Waals surface area (Å²) in [4.78, 5) is 0. The molecule has 0 aliphatic heterocycles. The first-order valence-electron chi connectivity index (χ1n) is 10.2. The van der Waals surface area contributed by atoms with E-state index < -0.39 is 0 Å². The van der Waals surface area contributed by atoms with Crippen LogP contribution in [0.2, 0.25) is 0 Å². The van der Waals surface area contributed by atoms with Crippen LogP contribution in [0.4, 0.5) is 22.7 Å². The zero-order chi connectivity index (χ0) is 19.9. The van der Waals surface area contributed by atoms with Gasteiger partial charge in [-0.25, -0.2) is 0 Å². The Morgan fingerprint density at radius 2 is 0.667 bits per heavy atom. The van der Waals surface area contributed by atoms with Crippen molar-refractivity contribution in [2.24, 2.45) is 0 Å². The van der Waals surface area contributed by atoms with E-state index in [2.05, 4.69) is 83.4 Å². The fourth-order valence-electron chi connectivity index (χ4n) is 4.36. The number of hydrogen-bond donors (Lipinski definition) is 2. The van der Waals surface area contributed by atoms with E-state index >= 15 is 0 Å². The van der Waals surface area contributed by atoms with Gasteiger partial charge in [0.25, 0.3) is 0 Å². The molecule has 6 aromatic rings. The molecular formula is C28H20N2. The molecule has 6 aromatic carbocycles. The Morgan fingerprint density at radius 3 is 1.00 bits per heavy atom. The Balaban J connectivity index is 1.48. The number of benzene rings is 6. The molecule has 0 aromatic heterocycles. The number of para-hydroxylation sites is 2. The lowest BCUT2D eigenvalue weighted by molar-refractivity contribution is 1.57. The van der Waals surface area contributed by atoms with Gasteiger partial charge in [0, 0.05) is 22.7 Å². The highest BCUT2D eigenvalue weighted by molar-refractivity contribution is 6.24. The van der Waals surface area contributed by atoms with Gasteiger partial charge in [0.05, 0.1) is 0 Å². The van der Waals surface area contributed by atoms with E-state index in [1.807, 2.05) is 36.4 Å². The van der Waals surface area contributed by atoms with Gasteiger partial charge in [-0.3, -0.25) is 0 Å². The average molecular weight is 384 g/mol. The van der Waals surface area contributed by atoms with E-state index in [0.717, 1.165) is 22.7 Å². The first-order valence-corrected chi connectivity index (χ1v) is 10.2. The second kappa shape index (κ2) is 6.78. The molecule has 2 heteroatoms. The lowest BCUT2D eigenvalue weighted by atomic mass is 9.93. The standard InChI is InChI=1S/C28H20N2/c1-3-7-23(8-4-1)29-25-15-19-11-13-21-17-26(30-24-9-5-2-6-10-24)18-22-14-12-20(16-25)27(19)28(21)22/h1-18,29-30H. The summed E-state index contributed by atoms with van der Waals surface area (Å²) in [6.07, 6.45) is 0. The van der Waals surface area contributed by atoms with Crippen LogP contribution in [-0.4, -0.2) is 0 Å². The van der Waals surface area contributed by atoms with Crippen LogP contribution < -0.4 is 10.6 Å². The Kier molecular flexibility index (Phi) is 3.82. The molecule has 0 saturated heterocycles. The lowest BCUT2D eigenvalue weighted by Crippen LogP contribution is -1.93. The molecule has 0 bridgehead atoms. The zero-order valence-electron chi connectivity index (χ0n) is 16.4. The molecule has 0 amide bonds. The van der Waals surface area contributed by atoms with Gasteiger partial charge in [0.1, 0.15) is 0 Å². The van der Waals surface area contributed by atoms with Crippen LogP contribution in [0.15, 0.2) is 109 Å². The fraction of sp³-hybridized carbons (Fsp3) is 0. The second-order valence-corrected chi connectivity index (χ2v) is 7.71. The van der Waals surface area contributed by atoms with Gasteiger partial charge in [0.15, 0.2) is 0 Å². The lowest BCUT2D eigenvalue weighted by Gasteiger charge is -2.15. The third kappa shape index (κ3) is 2.90. The van der Waals surface area contributed by atoms with Crippen molar-refractivity contribution in [2.75, 3.05) is 10.6 Å². The predicted octanol–water partition coefficient (Wildman–Crippen LogP) is 8.07. The van der Waals surface area contributed by atoms with Gasteiger partial charge >= 0.3 is 0 Å². The third-order valence-electron chi connectivity index (χ3n) is 5.66. The molecule has 0 aliphatic rings. The van der Waals surface area contributed by atoms with Gasteiger partial charge in [-0.05, 0) is 80.8 Å². The summed E-state index contributed by atoms with van der Waals surface area (Å²) in [6.45, 7) is 0. The van der Waals surface area contributed by atoms with E-state index in [-0.39, 0.29) is 0 Å². The molecule has 142 valence electrons. The first-order chi connectivity index (χ1) is 14.8. The van der Waals surface area contributed by atoms with Crippen molar-refractivity contribution in [3.05, 3.63) is 109 Å². The Bertz CT molecular complexity index is 1290. The summed E-state index contributed by atoms with van der Waals surface area (Å²) in [6, 6.07) is 38.5. The molecular weight excluding hydrogens is 364 g/mol. The van der Waals surface area contributed by atoms with Crippen molar-refractivity contribution in [1.29, 1.82) is 0 Å². The maximum absolute atomic E-state index is 3.53. The van der Waals surface area contributed by atoms with Crippen molar-refractivity contribution < 1.29 is 0 Å². The second-order valence-electron chi connectivity index (χ2n) is 7.71. The molecule has 2 N–H and O–H groups in total. The number of hydrogen-bond acceptors (Lipinski definition) is 2. The number of nitrogens with one attached hydrogen (secondary N) is 2. The van der Waals surface area contributed by atoms with E-state index in [1.54, 1.807) is 0 Å². The maximum atomic E-state index is 3.53. The van der Waals surface area contributed by atoms with Gasteiger partial charge in [-0.2, -0.15) is 0 Å². The van der Waals surface area contributed by atoms with Crippen LogP contribution in [0.5, 0.6) is 0 Å². The van der Waals surface area contributed by atoms with Gasteiger partial charge in [0.2, 0.25) is 0 Å². The Morgan fingerprint density at radius 1 is 0.333 bits per heavy atom. The van der Waals surface area contributed by atoms with Crippen molar-refractivity contribution in [1.82, 2.24) is 0 Å². The minimum atomic E-state index is 1.10. The molecule has 2 nitrogen and oxygen atoms in total. The largest absolute Gasteiger partial charge is 0.355 e. The number of anilines is 4. The topological polar surface area (TPSA) is 24.1 Å². The van der Waals surface area contributed by atoms with Crippen molar-refractivity contribution >= 4 is 55.1 Å². The summed E-state index contributed by atoms with van der Waals surface area (Å²) in [5, 5.41) is 14.8. The van der Waals surface area contributed by atoms with E-state index in [1.165, 1.54) is 32.3 Å². The van der Waals surface area contributed by atoms with Crippen LogP contribution in [0, 0.1) is 0 Å². The average Bonchev–Trinajstić information content (AvgIpc) is 2.78. The van der Waals surface area contributed by atoms with Gasteiger partial charge in [-0.15, -0.1) is 0 Å². The van der Waals surface area contributed by atoms with Crippen LogP contribution in [0.1, 0.15) is 0 Å². The van der Waals surface area contributed by atoms with Crippen molar-refractivity contribution in [2.45, 2.75) is 0 Å². The minimum absolute atomic E-state index is 1.10. The molecule has 0 fully saturated rings. The van der Waals surface area contributed by atoms with Gasteiger partial charge < -0.3 is 10.6 Å². The molecule has 0 aliphatic carbocycles. The highest BCUT2D eigenvalue weighted by atomic mass is 14.9. The molecule has 0 heterocycles. The predicted molar refractivity (Wildman–Crippen MR) is 130 cm³/mol. The molecule has 6 rings (SSSR count). The summed E-state index contributed by atoms with van der Waals surface area (Å²) in [5.74, 6) is 0. The molecule has 0 unspecified atom stereocenters. The van der Waals surface area contributed by atoms with Crippen LogP contribution in [-0.2, 0) is 0 Å².